The molecule has 0 amide bonds. The van der Waals surface area contributed by atoms with Crippen LogP contribution in [0.5, 0.6) is 0 Å². The van der Waals surface area contributed by atoms with Gasteiger partial charge in [-0.3, -0.25) is 9.69 Å². The lowest BCUT2D eigenvalue weighted by molar-refractivity contribution is -0.140. The lowest BCUT2D eigenvalue weighted by Crippen LogP contribution is -2.49. The molecule has 0 saturated carbocycles. The Bertz CT molecular complexity index is 1090. The van der Waals surface area contributed by atoms with Gasteiger partial charge in [0.1, 0.15) is 5.60 Å². The van der Waals surface area contributed by atoms with Gasteiger partial charge in [0.05, 0.1) is 13.2 Å². The summed E-state index contributed by atoms with van der Waals surface area (Å²) < 4.78 is 6.53. The minimum absolute atomic E-state index is 0.0728. The summed E-state index contributed by atoms with van der Waals surface area (Å²) in [5, 5.41) is 10.00. The summed E-state index contributed by atoms with van der Waals surface area (Å²) in [5.41, 5.74) is 5.89. The number of aryl methyl sites for hydroxylation is 1. The second-order valence-electron chi connectivity index (χ2n) is 8.25. The molecule has 0 saturated heterocycles. The predicted molar refractivity (Wildman–Crippen MR) is 123 cm³/mol. The largest absolute Gasteiger partial charge is 0.480 e. The van der Waals surface area contributed by atoms with Crippen molar-refractivity contribution in [1.82, 2.24) is 4.90 Å². The van der Waals surface area contributed by atoms with E-state index in [-0.39, 0.29) is 12.6 Å². The van der Waals surface area contributed by atoms with Crippen LogP contribution in [-0.4, -0.2) is 35.6 Å². The van der Waals surface area contributed by atoms with E-state index in [1.807, 2.05) is 43.1 Å². The third kappa shape index (κ3) is 3.99. The fourth-order valence-electron chi connectivity index (χ4n) is 4.45. The van der Waals surface area contributed by atoms with Crippen molar-refractivity contribution in [3.63, 3.8) is 0 Å². The average molecular weight is 436 g/mol. The fourth-order valence-corrected chi connectivity index (χ4v) is 4.58. The molecule has 1 heterocycles. The SMILES string of the molecule is Cc1ccc(-c2ccc3c(c2)COC3(c2ccc(Cl)cc2)C(C)N(C)CC(=O)O)cc1. The summed E-state index contributed by atoms with van der Waals surface area (Å²) in [5.74, 6) is -0.867. The molecule has 0 spiro atoms. The number of halogens is 1. The Morgan fingerprint density at radius 3 is 2.39 bits per heavy atom. The topological polar surface area (TPSA) is 49.8 Å². The zero-order valence-corrected chi connectivity index (χ0v) is 18.7. The molecule has 0 bridgehead atoms. The van der Waals surface area contributed by atoms with Crippen LogP contribution in [0.2, 0.25) is 5.02 Å². The number of ether oxygens (including phenoxy) is 1. The van der Waals surface area contributed by atoms with E-state index >= 15 is 0 Å². The van der Waals surface area contributed by atoms with Crippen LogP contribution in [0.4, 0.5) is 0 Å². The molecule has 2 atom stereocenters. The number of likely N-dealkylation sites (N-methyl/N-ethyl adjacent to an activating group) is 1. The molecule has 31 heavy (non-hydrogen) atoms. The molecule has 4 rings (SSSR count). The molecule has 0 fully saturated rings. The van der Waals surface area contributed by atoms with Crippen LogP contribution < -0.4 is 0 Å². The Morgan fingerprint density at radius 2 is 1.74 bits per heavy atom. The third-order valence-electron chi connectivity index (χ3n) is 6.25. The first-order chi connectivity index (χ1) is 14.8. The molecule has 0 aromatic heterocycles. The van der Waals surface area contributed by atoms with Gasteiger partial charge in [0.25, 0.3) is 0 Å². The predicted octanol–water partition coefficient (Wildman–Crippen LogP) is 5.49. The standard InChI is InChI=1S/C26H26ClNO3/c1-17-4-6-19(7-5-17)20-8-13-24-21(14-20)16-31-26(24,18(2)28(3)15-25(29)30)22-9-11-23(27)12-10-22/h4-14,18H,15-16H2,1-3H3,(H,29,30). The van der Waals surface area contributed by atoms with Crippen LogP contribution in [0.15, 0.2) is 66.7 Å². The van der Waals surface area contributed by atoms with E-state index in [0.29, 0.717) is 11.6 Å². The number of carbonyl (C=O) groups is 1. The zero-order chi connectivity index (χ0) is 22.2. The maximum atomic E-state index is 11.4. The van der Waals surface area contributed by atoms with Crippen molar-refractivity contribution in [2.75, 3.05) is 13.6 Å². The quantitative estimate of drug-likeness (QED) is 0.555. The Labute approximate surface area is 188 Å². The van der Waals surface area contributed by atoms with Crippen LogP contribution >= 0.6 is 11.6 Å². The first-order valence-electron chi connectivity index (χ1n) is 10.3. The molecule has 4 nitrogen and oxygen atoms in total. The number of nitrogens with zero attached hydrogens (tertiary/aromatic N) is 1. The van der Waals surface area contributed by atoms with Crippen LogP contribution in [0.25, 0.3) is 11.1 Å². The van der Waals surface area contributed by atoms with E-state index in [9.17, 15) is 9.90 Å². The minimum Gasteiger partial charge on any atom is -0.480 e. The number of fused-ring (bicyclic) bond motifs is 1. The zero-order valence-electron chi connectivity index (χ0n) is 17.9. The van der Waals surface area contributed by atoms with Crippen LogP contribution in [0, 0.1) is 6.92 Å². The first-order valence-corrected chi connectivity index (χ1v) is 10.7. The molecule has 0 aliphatic carbocycles. The van der Waals surface area contributed by atoms with Gasteiger partial charge >= 0.3 is 5.97 Å². The molecule has 1 N–H and O–H groups in total. The van der Waals surface area contributed by atoms with E-state index in [1.54, 1.807) is 0 Å². The number of hydrogen-bond donors (Lipinski definition) is 1. The highest BCUT2D eigenvalue weighted by Gasteiger charge is 2.48. The number of carboxylic acid groups (broad SMARTS) is 1. The third-order valence-corrected chi connectivity index (χ3v) is 6.50. The van der Waals surface area contributed by atoms with Crippen molar-refractivity contribution in [2.24, 2.45) is 0 Å². The normalized spacial score (nSPS) is 18.7. The van der Waals surface area contributed by atoms with Crippen LogP contribution in [-0.2, 0) is 21.7 Å². The monoisotopic (exact) mass is 435 g/mol. The van der Waals surface area contributed by atoms with E-state index < -0.39 is 11.6 Å². The van der Waals surface area contributed by atoms with E-state index in [0.717, 1.165) is 27.8 Å². The lowest BCUT2D eigenvalue weighted by atomic mass is 9.79. The molecule has 160 valence electrons. The van der Waals surface area contributed by atoms with Gasteiger partial charge in [0, 0.05) is 11.1 Å². The molecule has 3 aromatic carbocycles. The van der Waals surface area contributed by atoms with E-state index in [4.69, 9.17) is 16.3 Å². The summed E-state index contributed by atoms with van der Waals surface area (Å²) in [6.45, 7) is 4.48. The van der Waals surface area contributed by atoms with Gasteiger partial charge in [-0.15, -0.1) is 0 Å². The molecule has 1 aliphatic heterocycles. The van der Waals surface area contributed by atoms with Crippen molar-refractivity contribution in [2.45, 2.75) is 32.1 Å². The summed E-state index contributed by atoms with van der Waals surface area (Å²) in [7, 11) is 1.82. The highest BCUT2D eigenvalue weighted by atomic mass is 35.5. The molecule has 1 aliphatic rings. The summed E-state index contributed by atoms with van der Waals surface area (Å²) in [6, 6.07) is 22.3. The van der Waals surface area contributed by atoms with Gasteiger partial charge in [-0.25, -0.2) is 0 Å². The van der Waals surface area contributed by atoms with Gasteiger partial charge < -0.3 is 9.84 Å². The highest BCUT2D eigenvalue weighted by molar-refractivity contribution is 6.30. The number of benzene rings is 3. The maximum Gasteiger partial charge on any atom is 0.317 e. The highest BCUT2D eigenvalue weighted by Crippen LogP contribution is 2.47. The molecular formula is C26H26ClNO3. The fraction of sp³-hybridized carbons (Fsp3) is 0.269. The smallest absolute Gasteiger partial charge is 0.317 e. The Hall–Kier alpha value is -2.66. The van der Waals surface area contributed by atoms with E-state index in [1.165, 1.54) is 5.56 Å². The molecule has 0 radical (unpaired) electrons. The van der Waals surface area contributed by atoms with E-state index in [2.05, 4.69) is 49.4 Å². The van der Waals surface area contributed by atoms with Crippen molar-refractivity contribution in [3.8, 4) is 11.1 Å². The van der Waals surface area contributed by atoms with Crippen LogP contribution in [0.3, 0.4) is 0 Å². The molecular weight excluding hydrogens is 410 g/mol. The first kappa shape index (κ1) is 21.6. The van der Waals surface area contributed by atoms with Crippen molar-refractivity contribution in [3.05, 3.63) is 94.0 Å². The van der Waals surface area contributed by atoms with Gasteiger partial charge in [-0.2, -0.15) is 0 Å². The number of carboxylic acids is 1. The van der Waals surface area contributed by atoms with Crippen LogP contribution in [0.1, 0.15) is 29.2 Å². The van der Waals surface area contributed by atoms with Crippen molar-refractivity contribution < 1.29 is 14.6 Å². The van der Waals surface area contributed by atoms with Gasteiger partial charge in [-0.05, 0) is 66.9 Å². The summed E-state index contributed by atoms with van der Waals surface area (Å²) in [6.07, 6.45) is 0. The summed E-state index contributed by atoms with van der Waals surface area (Å²) in [4.78, 5) is 13.2. The second kappa shape index (κ2) is 8.46. The Morgan fingerprint density at radius 1 is 1.10 bits per heavy atom. The van der Waals surface area contributed by atoms with Gasteiger partial charge in [0.2, 0.25) is 0 Å². The summed E-state index contributed by atoms with van der Waals surface area (Å²) >= 11 is 6.15. The number of aliphatic carboxylic acids is 1. The lowest BCUT2D eigenvalue weighted by Gasteiger charge is -2.40. The molecule has 3 aromatic rings. The average Bonchev–Trinajstić information content (AvgIpc) is 3.13. The number of hydrogen-bond acceptors (Lipinski definition) is 3. The van der Waals surface area contributed by atoms with Crippen molar-refractivity contribution in [1.29, 1.82) is 0 Å². The van der Waals surface area contributed by atoms with Crippen molar-refractivity contribution >= 4 is 17.6 Å². The number of rotatable bonds is 6. The molecule has 5 heteroatoms. The Balaban J connectivity index is 1.81. The maximum absolute atomic E-state index is 11.4. The Kier molecular flexibility index (Phi) is 5.89. The van der Waals surface area contributed by atoms with Gasteiger partial charge in [-0.1, -0.05) is 65.7 Å². The second-order valence-corrected chi connectivity index (χ2v) is 8.69. The van der Waals surface area contributed by atoms with Gasteiger partial charge in [0.15, 0.2) is 0 Å². The minimum atomic E-state index is -0.867. The molecule has 2 unspecified atom stereocenters.